The summed E-state index contributed by atoms with van der Waals surface area (Å²) in [5, 5.41) is 2.20. The van der Waals surface area contributed by atoms with Crippen LogP contribution < -0.4 is 0 Å². The standard InChI is InChI=1S/C13H20S/c1-2-4-11(12-6-7-12)8-9-13-5-3-10-14-13/h3,5,10-12H,2,4,6-9H2,1H3. The van der Waals surface area contributed by atoms with Crippen LogP contribution >= 0.6 is 11.3 Å². The van der Waals surface area contributed by atoms with Crippen LogP contribution in [0.3, 0.4) is 0 Å². The average Bonchev–Trinajstić information content (AvgIpc) is 2.90. The Balaban J connectivity index is 1.76. The van der Waals surface area contributed by atoms with Crippen molar-refractivity contribution in [3.8, 4) is 0 Å². The molecule has 1 heteroatoms. The molecule has 1 aromatic heterocycles. The minimum absolute atomic E-state index is 1.03. The summed E-state index contributed by atoms with van der Waals surface area (Å²) in [6.45, 7) is 2.32. The number of hydrogen-bond donors (Lipinski definition) is 0. The Morgan fingerprint density at radius 3 is 2.86 bits per heavy atom. The van der Waals surface area contributed by atoms with Crippen LogP contribution in [0, 0.1) is 11.8 Å². The van der Waals surface area contributed by atoms with E-state index >= 15 is 0 Å². The summed E-state index contributed by atoms with van der Waals surface area (Å²) in [6, 6.07) is 4.45. The van der Waals surface area contributed by atoms with Gasteiger partial charge >= 0.3 is 0 Å². The molecule has 2 rings (SSSR count). The fourth-order valence-electron chi connectivity index (χ4n) is 2.34. The molecule has 0 radical (unpaired) electrons. The fourth-order valence-corrected chi connectivity index (χ4v) is 3.06. The molecule has 0 aromatic carbocycles. The Morgan fingerprint density at radius 2 is 2.29 bits per heavy atom. The largest absolute Gasteiger partial charge is 0.149 e. The number of rotatable bonds is 6. The van der Waals surface area contributed by atoms with E-state index in [9.17, 15) is 0 Å². The van der Waals surface area contributed by atoms with Gasteiger partial charge in [0.15, 0.2) is 0 Å². The molecule has 0 amide bonds. The van der Waals surface area contributed by atoms with E-state index in [-0.39, 0.29) is 0 Å². The van der Waals surface area contributed by atoms with Crippen molar-refractivity contribution in [3.05, 3.63) is 22.4 Å². The van der Waals surface area contributed by atoms with Gasteiger partial charge in [-0.25, -0.2) is 0 Å². The molecule has 0 spiro atoms. The molecule has 0 N–H and O–H groups in total. The molecule has 1 aromatic rings. The van der Waals surface area contributed by atoms with E-state index in [4.69, 9.17) is 0 Å². The van der Waals surface area contributed by atoms with E-state index in [1.54, 1.807) is 4.88 Å². The summed E-state index contributed by atoms with van der Waals surface area (Å²) in [5.41, 5.74) is 0. The molecule has 0 bridgehead atoms. The molecule has 0 nitrogen and oxygen atoms in total. The van der Waals surface area contributed by atoms with Gasteiger partial charge in [-0.15, -0.1) is 11.3 Å². The Bertz CT molecular complexity index is 246. The van der Waals surface area contributed by atoms with Crippen LogP contribution in [0.1, 0.15) is 43.9 Å². The molecule has 14 heavy (non-hydrogen) atoms. The molecule has 1 aliphatic carbocycles. The van der Waals surface area contributed by atoms with Crippen molar-refractivity contribution in [3.63, 3.8) is 0 Å². The minimum Gasteiger partial charge on any atom is -0.149 e. The van der Waals surface area contributed by atoms with Crippen LogP contribution in [-0.2, 0) is 6.42 Å². The van der Waals surface area contributed by atoms with E-state index in [0.29, 0.717) is 0 Å². The lowest BCUT2D eigenvalue weighted by atomic mass is 9.93. The summed E-state index contributed by atoms with van der Waals surface area (Å²) in [5.74, 6) is 2.12. The zero-order valence-electron chi connectivity index (χ0n) is 9.04. The lowest BCUT2D eigenvalue weighted by molar-refractivity contribution is 0.396. The lowest BCUT2D eigenvalue weighted by Crippen LogP contribution is -2.03. The van der Waals surface area contributed by atoms with E-state index in [2.05, 4.69) is 24.4 Å². The van der Waals surface area contributed by atoms with E-state index in [1.165, 1.54) is 38.5 Å². The molecule has 1 saturated carbocycles. The Kier molecular flexibility index (Phi) is 3.63. The van der Waals surface area contributed by atoms with Crippen molar-refractivity contribution < 1.29 is 0 Å². The van der Waals surface area contributed by atoms with E-state index < -0.39 is 0 Å². The zero-order valence-corrected chi connectivity index (χ0v) is 9.85. The highest BCUT2D eigenvalue weighted by atomic mass is 32.1. The second-order valence-electron chi connectivity index (χ2n) is 4.50. The first-order valence-corrected chi connectivity index (χ1v) is 6.80. The number of hydrogen-bond acceptors (Lipinski definition) is 1. The SMILES string of the molecule is CCCC(CCc1cccs1)C1CC1. The highest BCUT2D eigenvalue weighted by Gasteiger charge is 2.29. The first kappa shape index (κ1) is 10.2. The van der Waals surface area contributed by atoms with Gasteiger partial charge in [0.2, 0.25) is 0 Å². The Hall–Kier alpha value is -0.300. The fraction of sp³-hybridized carbons (Fsp3) is 0.692. The monoisotopic (exact) mass is 208 g/mol. The van der Waals surface area contributed by atoms with Crippen molar-refractivity contribution >= 4 is 11.3 Å². The predicted molar refractivity (Wildman–Crippen MR) is 63.8 cm³/mol. The topological polar surface area (TPSA) is 0 Å². The Morgan fingerprint density at radius 1 is 1.43 bits per heavy atom. The third-order valence-electron chi connectivity index (χ3n) is 3.29. The van der Waals surface area contributed by atoms with Crippen LogP contribution in [0.4, 0.5) is 0 Å². The molecule has 1 fully saturated rings. The van der Waals surface area contributed by atoms with Gasteiger partial charge in [0.1, 0.15) is 0 Å². The van der Waals surface area contributed by atoms with Crippen LogP contribution in [0.2, 0.25) is 0 Å². The molecule has 1 aliphatic rings. The van der Waals surface area contributed by atoms with Gasteiger partial charge in [-0.05, 0) is 49.0 Å². The number of thiophene rings is 1. The quantitative estimate of drug-likeness (QED) is 0.645. The third-order valence-corrected chi connectivity index (χ3v) is 4.23. The maximum absolute atomic E-state index is 2.32. The van der Waals surface area contributed by atoms with Crippen LogP contribution in [0.25, 0.3) is 0 Å². The first-order valence-electron chi connectivity index (χ1n) is 5.92. The van der Waals surface area contributed by atoms with Crippen molar-refractivity contribution in [1.82, 2.24) is 0 Å². The van der Waals surface area contributed by atoms with Gasteiger partial charge in [0.05, 0.1) is 0 Å². The van der Waals surface area contributed by atoms with Crippen LogP contribution in [-0.4, -0.2) is 0 Å². The Labute approximate surface area is 91.4 Å². The van der Waals surface area contributed by atoms with Crippen molar-refractivity contribution in [2.45, 2.75) is 45.4 Å². The van der Waals surface area contributed by atoms with E-state index in [0.717, 1.165) is 11.8 Å². The van der Waals surface area contributed by atoms with E-state index in [1.807, 2.05) is 11.3 Å². The molecular weight excluding hydrogens is 188 g/mol. The zero-order chi connectivity index (χ0) is 9.80. The molecule has 1 atom stereocenters. The van der Waals surface area contributed by atoms with Gasteiger partial charge in [0, 0.05) is 4.88 Å². The highest BCUT2D eigenvalue weighted by Crippen LogP contribution is 2.41. The van der Waals surface area contributed by atoms with Crippen molar-refractivity contribution in [1.29, 1.82) is 0 Å². The van der Waals surface area contributed by atoms with Gasteiger partial charge in [-0.3, -0.25) is 0 Å². The van der Waals surface area contributed by atoms with Crippen molar-refractivity contribution in [2.75, 3.05) is 0 Å². The van der Waals surface area contributed by atoms with Gasteiger partial charge in [-0.2, -0.15) is 0 Å². The predicted octanol–water partition coefficient (Wildman–Crippen LogP) is 4.51. The summed E-state index contributed by atoms with van der Waals surface area (Å²) in [6.07, 6.45) is 8.59. The minimum atomic E-state index is 1.03. The second-order valence-corrected chi connectivity index (χ2v) is 5.54. The second kappa shape index (κ2) is 4.97. The van der Waals surface area contributed by atoms with Crippen molar-refractivity contribution in [2.24, 2.45) is 11.8 Å². The summed E-state index contributed by atoms with van der Waals surface area (Å²) >= 11 is 1.92. The molecule has 78 valence electrons. The molecule has 0 saturated heterocycles. The molecule has 1 heterocycles. The van der Waals surface area contributed by atoms with Gasteiger partial charge in [0.25, 0.3) is 0 Å². The molecule has 1 unspecified atom stereocenters. The number of aryl methyl sites for hydroxylation is 1. The maximum atomic E-state index is 2.32. The summed E-state index contributed by atoms with van der Waals surface area (Å²) < 4.78 is 0. The van der Waals surface area contributed by atoms with Gasteiger partial charge in [-0.1, -0.05) is 25.8 Å². The van der Waals surface area contributed by atoms with Gasteiger partial charge < -0.3 is 0 Å². The third kappa shape index (κ3) is 2.84. The summed E-state index contributed by atoms with van der Waals surface area (Å²) in [4.78, 5) is 1.58. The van der Waals surface area contributed by atoms with Crippen LogP contribution in [0.5, 0.6) is 0 Å². The smallest absolute Gasteiger partial charge is 0.00453 e. The van der Waals surface area contributed by atoms with Crippen LogP contribution in [0.15, 0.2) is 17.5 Å². The molecular formula is C13H20S. The lowest BCUT2D eigenvalue weighted by Gasteiger charge is -2.14. The summed E-state index contributed by atoms with van der Waals surface area (Å²) in [7, 11) is 0. The highest BCUT2D eigenvalue weighted by molar-refractivity contribution is 7.09. The maximum Gasteiger partial charge on any atom is 0.00453 e. The molecule has 0 aliphatic heterocycles. The first-order chi connectivity index (χ1) is 6.90. The average molecular weight is 208 g/mol. The normalized spacial score (nSPS) is 18.4.